The van der Waals surface area contributed by atoms with E-state index < -0.39 is 43.5 Å². The molecule has 8 rings (SSSR count). The van der Waals surface area contributed by atoms with Crippen molar-refractivity contribution in [3.63, 3.8) is 0 Å². The van der Waals surface area contributed by atoms with Crippen LogP contribution in [0.25, 0.3) is 22.1 Å². The van der Waals surface area contributed by atoms with Crippen LogP contribution in [0.4, 0.5) is 5.69 Å². The molecule has 4 fully saturated rings. The first kappa shape index (κ1) is 40.8. The van der Waals surface area contributed by atoms with Crippen molar-refractivity contribution >= 4 is 68.5 Å². The molecule has 2 aliphatic carbocycles. The minimum Gasteiger partial charge on any atom is -0.457 e. The number of esters is 1. The van der Waals surface area contributed by atoms with Crippen LogP contribution in [0.3, 0.4) is 0 Å². The van der Waals surface area contributed by atoms with Crippen LogP contribution in [0.2, 0.25) is 15.3 Å². The molecule has 4 aromatic heterocycles. The summed E-state index contributed by atoms with van der Waals surface area (Å²) in [5.74, 6) is -0.310. The smallest absolute Gasteiger partial charge is 0.303 e. The van der Waals surface area contributed by atoms with Gasteiger partial charge >= 0.3 is 5.97 Å². The molecule has 0 amide bonds. The quantitative estimate of drug-likeness (QED) is 0.115. The fourth-order valence-corrected chi connectivity index (χ4v) is 8.30. The van der Waals surface area contributed by atoms with Crippen LogP contribution in [0.1, 0.15) is 91.0 Å². The van der Waals surface area contributed by atoms with Crippen molar-refractivity contribution < 1.29 is 34.3 Å². The number of halogens is 3. The van der Waals surface area contributed by atoms with Crippen LogP contribution in [-0.4, -0.2) is 100 Å². The zero-order valence-corrected chi connectivity index (χ0v) is 32.8. The van der Waals surface area contributed by atoms with E-state index in [4.69, 9.17) is 54.7 Å². The van der Waals surface area contributed by atoms with E-state index in [1.165, 1.54) is 50.1 Å². The van der Waals surface area contributed by atoms with Gasteiger partial charge in [0.15, 0.2) is 29.9 Å². The molecule has 2 saturated carbocycles. The van der Waals surface area contributed by atoms with Crippen LogP contribution in [0, 0.1) is 5.92 Å². The van der Waals surface area contributed by atoms with Crippen molar-refractivity contribution in [1.82, 2.24) is 29.5 Å². The zero-order valence-electron chi connectivity index (χ0n) is 30.5. The molecule has 0 bridgehead atoms. The Morgan fingerprint density at radius 1 is 0.907 bits per heavy atom. The minimum absolute atomic E-state index is 0.0294. The van der Waals surface area contributed by atoms with E-state index in [-0.39, 0.29) is 23.1 Å². The average molecular weight is 812 g/mol. The van der Waals surface area contributed by atoms with Gasteiger partial charge in [-0.25, -0.2) is 19.3 Å². The standard InChI is InChI=1S/C16H21ClN4O4.C15H17Cl2N3O3.C5H11N/c17-12-5-10(19-8-3-1-2-4-8)9-6-18-21(15(9)20-12)16-14(24)13(23)11(7-22)25-16;1-4-11-7(2)13(22-8(3)21)15(23-11)20-14-9(6-18-20)10(16)5-12(17)19-14;6-5-3-1-2-4-5/h5-6,8,11,13-14,16,22-24H,1-4,7H2,(H,19,20);5-7,11,13,15H,4H2,1-3H3;5H,1-4,6H2/t11-,13-,14-,16-;7-,11-,13-,15-;/m11./s1. The predicted molar refractivity (Wildman–Crippen MR) is 204 cm³/mol. The minimum atomic E-state index is -1.22. The Balaban J connectivity index is 0.000000160. The molecule has 54 heavy (non-hydrogen) atoms. The third-order valence-corrected chi connectivity index (χ3v) is 11.2. The summed E-state index contributed by atoms with van der Waals surface area (Å²) in [5.41, 5.74) is 7.35. The second-order valence-corrected chi connectivity index (χ2v) is 15.6. The van der Waals surface area contributed by atoms with Gasteiger partial charge in [-0.05, 0) is 44.2 Å². The lowest BCUT2D eigenvalue weighted by Gasteiger charge is -2.21. The van der Waals surface area contributed by atoms with Crippen LogP contribution in [-0.2, 0) is 19.0 Å². The molecular formula is C36H49Cl3N8O7. The molecule has 0 aromatic carbocycles. The zero-order chi connectivity index (χ0) is 38.7. The van der Waals surface area contributed by atoms with Gasteiger partial charge in [0, 0.05) is 24.9 Å². The predicted octanol–water partition coefficient (Wildman–Crippen LogP) is 5.55. The van der Waals surface area contributed by atoms with Crippen molar-refractivity contribution in [2.75, 3.05) is 11.9 Å². The molecular weight excluding hydrogens is 763 g/mol. The third-order valence-electron chi connectivity index (χ3n) is 10.5. The number of fused-ring (bicyclic) bond motifs is 2. The topological polar surface area (TPSA) is 205 Å². The fraction of sp³-hybridized carbons (Fsp3) is 0.639. The summed E-state index contributed by atoms with van der Waals surface area (Å²) >= 11 is 18.4. The number of carbonyl (C=O) groups is 1. The number of ether oxygens (including phenoxy) is 3. The lowest BCUT2D eigenvalue weighted by Crippen LogP contribution is -2.33. The number of hydrogen-bond donors (Lipinski definition) is 5. The molecule has 0 radical (unpaired) electrons. The molecule has 0 spiro atoms. The molecule has 2 aliphatic heterocycles. The van der Waals surface area contributed by atoms with Crippen LogP contribution < -0.4 is 11.1 Å². The van der Waals surface area contributed by atoms with E-state index in [0.29, 0.717) is 38.9 Å². The van der Waals surface area contributed by atoms with Gasteiger partial charge in [-0.3, -0.25) is 4.79 Å². The normalized spacial score (nSPS) is 28.6. The number of anilines is 1. The summed E-state index contributed by atoms with van der Waals surface area (Å²) in [4.78, 5) is 20.1. The Bertz CT molecular complexity index is 1890. The highest BCUT2D eigenvalue weighted by molar-refractivity contribution is 6.37. The van der Waals surface area contributed by atoms with Crippen LogP contribution in [0.5, 0.6) is 0 Å². The van der Waals surface area contributed by atoms with E-state index in [1.54, 1.807) is 29.2 Å². The summed E-state index contributed by atoms with van der Waals surface area (Å²) in [6, 6.07) is 4.28. The van der Waals surface area contributed by atoms with E-state index in [9.17, 15) is 20.1 Å². The maximum Gasteiger partial charge on any atom is 0.303 e. The number of hydrogen-bond acceptors (Lipinski definition) is 13. The molecule has 296 valence electrons. The maximum atomic E-state index is 11.5. The summed E-state index contributed by atoms with van der Waals surface area (Å²) in [6.45, 7) is 5.02. The van der Waals surface area contributed by atoms with Gasteiger partial charge < -0.3 is 40.6 Å². The van der Waals surface area contributed by atoms with Crippen molar-refractivity contribution in [3.8, 4) is 0 Å². The second-order valence-electron chi connectivity index (χ2n) is 14.4. The van der Waals surface area contributed by atoms with Gasteiger partial charge in [-0.2, -0.15) is 10.2 Å². The number of aliphatic hydroxyl groups excluding tert-OH is 3. The molecule has 6 heterocycles. The van der Waals surface area contributed by atoms with E-state index >= 15 is 0 Å². The number of nitrogens with one attached hydrogen (secondary N) is 1. The summed E-state index contributed by atoms with van der Waals surface area (Å²) < 4.78 is 20.1. The Morgan fingerprint density at radius 3 is 2.06 bits per heavy atom. The van der Waals surface area contributed by atoms with Crippen LogP contribution in [0.15, 0.2) is 24.5 Å². The molecule has 2 saturated heterocycles. The molecule has 6 N–H and O–H groups in total. The molecule has 4 aromatic rings. The van der Waals surface area contributed by atoms with Gasteiger partial charge in [0.25, 0.3) is 0 Å². The average Bonchev–Trinajstić information content (AvgIpc) is 4.00. The molecule has 8 atom stereocenters. The largest absolute Gasteiger partial charge is 0.457 e. The second kappa shape index (κ2) is 17.9. The summed E-state index contributed by atoms with van der Waals surface area (Å²) in [5, 5.41) is 44.1. The summed E-state index contributed by atoms with van der Waals surface area (Å²) in [6.07, 6.45) is 8.73. The highest BCUT2D eigenvalue weighted by Crippen LogP contribution is 2.39. The number of aromatic nitrogens is 6. The van der Waals surface area contributed by atoms with Crippen molar-refractivity contribution in [3.05, 3.63) is 39.9 Å². The van der Waals surface area contributed by atoms with E-state index in [0.717, 1.165) is 30.3 Å². The first-order valence-corrected chi connectivity index (χ1v) is 19.7. The molecule has 15 nitrogen and oxygen atoms in total. The lowest BCUT2D eigenvalue weighted by molar-refractivity contribution is -0.154. The first-order valence-electron chi connectivity index (χ1n) is 18.6. The monoisotopic (exact) mass is 810 g/mol. The van der Waals surface area contributed by atoms with Crippen molar-refractivity contribution in [1.29, 1.82) is 0 Å². The van der Waals surface area contributed by atoms with Gasteiger partial charge in [-0.1, -0.05) is 74.3 Å². The molecule has 0 unspecified atom stereocenters. The van der Waals surface area contributed by atoms with E-state index in [1.807, 2.05) is 13.8 Å². The Morgan fingerprint density at radius 2 is 1.48 bits per heavy atom. The first-order chi connectivity index (χ1) is 25.9. The van der Waals surface area contributed by atoms with Crippen molar-refractivity contribution in [2.24, 2.45) is 11.7 Å². The number of nitrogens with zero attached hydrogens (tertiary/aromatic N) is 6. The van der Waals surface area contributed by atoms with Gasteiger partial charge in [-0.15, -0.1) is 0 Å². The number of carbonyl (C=O) groups excluding carboxylic acids is 1. The van der Waals surface area contributed by atoms with Gasteiger partial charge in [0.1, 0.15) is 28.6 Å². The third kappa shape index (κ3) is 8.90. The summed E-state index contributed by atoms with van der Waals surface area (Å²) in [7, 11) is 0. The molecule has 18 heteroatoms. The van der Waals surface area contributed by atoms with Gasteiger partial charge in [0.05, 0.1) is 46.6 Å². The highest BCUT2D eigenvalue weighted by atomic mass is 35.5. The Kier molecular flexibility index (Phi) is 13.6. The highest BCUT2D eigenvalue weighted by Gasteiger charge is 2.46. The SMILES string of the molecule is CC[C@H]1O[C@@H](n2ncc3c(Cl)cc(Cl)nc32)[C@H](OC(C)=O)[C@@H]1C.NC1CCCC1.OC[C@H]1O[C@@H](n2ncc3c(NC4CCCC4)cc(Cl)nc32)[C@H](O)[C@@H]1O. The Labute approximate surface area is 328 Å². The molecule has 4 aliphatic rings. The number of aliphatic hydroxyl groups is 3. The number of rotatable bonds is 7. The Hall–Kier alpha value is -2.86. The van der Waals surface area contributed by atoms with Gasteiger partial charge in [0.2, 0.25) is 0 Å². The number of nitrogens with two attached hydrogens (primary N) is 1. The maximum absolute atomic E-state index is 11.5. The van der Waals surface area contributed by atoms with E-state index in [2.05, 4.69) is 25.5 Å². The van der Waals surface area contributed by atoms with Crippen LogP contribution >= 0.6 is 34.8 Å². The van der Waals surface area contributed by atoms with Crippen molar-refractivity contribution in [2.45, 2.75) is 134 Å². The fourth-order valence-electron chi connectivity index (χ4n) is 7.63. The lowest BCUT2D eigenvalue weighted by atomic mass is 9.98. The number of pyridine rings is 2.